The number of likely N-dealkylation sites (N-methyl/N-ethyl adjacent to an activating group) is 1. The molecular weight excluding hydrogens is 821 g/mol. The van der Waals surface area contributed by atoms with Crippen molar-refractivity contribution < 1.29 is 37.8 Å². The van der Waals surface area contributed by atoms with E-state index in [1.807, 2.05) is 92.6 Å². The molecule has 1 saturated heterocycles. The van der Waals surface area contributed by atoms with E-state index in [-0.39, 0.29) is 53.6 Å². The second-order valence-electron chi connectivity index (χ2n) is 17.9. The van der Waals surface area contributed by atoms with E-state index in [1.54, 1.807) is 23.8 Å². The molecule has 0 saturated carbocycles. The van der Waals surface area contributed by atoms with Crippen LogP contribution in [0.15, 0.2) is 47.1 Å². The lowest BCUT2D eigenvalue weighted by Crippen LogP contribution is -2.56. The standard InChI is InChI=1S/C45H69BrFN5O7/c1-14-28(4)38(51(11)42(55)37(27(2)3)50-40-32(47)24-31(46)26-48-40)35(57-12)25-36(53)52-22-18-21-34(52)39(58-13)29(5)41(54)49-33(23-30-19-16-15-17-20-30)43(56)59-45(9,10)44(6,7)8/h15-17,19-20,24,26-29,33-35,37-39H,14,18,21-23,25H2,1-13H3,(H,48,50)(H,49,54)/t28-,29+,33-,34-,35+,37-,38-,39+/m0/s1. The van der Waals surface area contributed by atoms with Crippen LogP contribution in [0.3, 0.4) is 0 Å². The van der Waals surface area contributed by atoms with E-state index >= 15 is 0 Å². The number of likely N-dealkylation sites (tertiary alicyclic amines) is 1. The molecule has 1 aliphatic heterocycles. The molecule has 12 nitrogen and oxygen atoms in total. The van der Waals surface area contributed by atoms with Crippen LogP contribution in [0.1, 0.15) is 100 Å². The summed E-state index contributed by atoms with van der Waals surface area (Å²) in [6.45, 7) is 19.7. The minimum Gasteiger partial charge on any atom is -0.458 e. The Morgan fingerprint density at radius 2 is 1.68 bits per heavy atom. The van der Waals surface area contributed by atoms with Crippen LogP contribution in [0.25, 0.3) is 0 Å². The maximum Gasteiger partial charge on any atom is 0.329 e. The van der Waals surface area contributed by atoms with Crippen LogP contribution >= 0.6 is 15.9 Å². The van der Waals surface area contributed by atoms with Crippen molar-refractivity contribution in [3.8, 4) is 0 Å². The molecule has 2 heterocycles. The molecule has 0 bridgehead atoms. The van der Waals surface area contributed by atoms with E-state index in [4.69, 9.17) is 14.2 Å². The van der Waals surface area contributed by atoms with Gasteiger partial charge in [-0.3, -0.25) is 14.4 Å². The van der Waals surface area contributed by atoms with Gasteiger partial charge in [0.1, 0.15) is 17.7 Å². The maximum absolute atomic E-state index is 14.8. The summed E-state index contributed by atoms with van der Waals surface area (Å²) in [4.78, 5) is 63.9. The number of esters is 1. The van der Waals surface area contributed by atoms with Gasteiger partial charge in [-0.05, 0) is 66.1 Å². The molecule has 14 heteroatoms. The summed E-state index contributed by atoms with van der Waals surface area (Å²) in [5, 5.41) is 5.98. The number of nitrogens with one attached hydrogen (secondary N) is 2. The molecule has 1 aliphatic rings. The number of anilines is 1. The zero-order chi connectivity index (χ0) is 44.4. The fraction of sp³-hybridized carbons (Fsp3) is 0.667. The summed E-state index contributed by atoms with van der Waals surface area (Å²) < 4.78 is 33.4. The molecule has 0 unspecified atom stereocenters. The quantitative estimate of drug-likeness (QED) is 0.130. The first-order valence-corrected chi connectivity index (χ1v) is 21.6. The smallest absolute Gasteiger partial charge is 0.329 e. The molecule has 0 aliphatic carbocycles. The topological polar surface area (TPSA) is 139 Å². The highest BCUT2D eigenvalue weighted by Gasteiger charge is 2.44. The molecule has 2 N–H and O–H groups in total. The van der Waals surface area contributed by atoms with Crippen molar-refractivity contribution in [1.82, 2.24) is 20.1 Å². The average molecular weight is 891 g/mol. The van der Waals surface area contributed by atoms with Crippen molar-refractivity contribution in [3.63, 3.8) is 0 Å². The molecule has 8 atom stereocenters. The highest BCUT2D eigenvalue weighted by molar-refractivity contribution is 9.10. The van der Waals surface area contributed by atoms with E-state index < -0.39 is 59.7 Å². The molecule has 2 aromatic rings. The number of hydrogen-bond acceptors (Lipinski definition) is 9. The average Bonchev–Trinajstić information content (AvgIpc) is 3.66. The Kier molecular flexibility index (Phi) is 18.3. The third kappa shape index (κ3) is 12.9. The Morgan fingerprint density at radius 1 is 1.03 bits per heavy atom. The normalized spacial score (nSPS) is 18.3. The number of carbonyl (C=O) groups is 4. The van der Waals surface area contributed by atoms with Crippen molar-refractivity contribution in [2.75, 3.05) is 33.1 Å². The van der Waals surface area contributed by atoms with Crippen LogP contribution in [0.4, 0.5) is 10.2 Å². The molecular formula is C45H69BrFN5O7. The van der Waals surface area contributed by atoms with Crippen molar-refractivity contribution in [1.29, 1.82) is 0 Å². The number of rotatable bonds is 20. The second-order valence-corrected chi connectivity index (χ2v) is 18.8. The molecule has 59 heavy (non-hydrogen) atoms. The number of hydrogen-bond donors (Lipinski definition) is 2. The van der Waals surface area contributed by atoms with E-state index in [2.05, 4.69) is 31.5 Å². The highest BCUT2D eigenvalue weighted by atomic mass is 79.9. The first kappa shape index (κ1) is 49.7. The van der Waals surface area contributed by atoms with Crippen molar-refractivity contribution in [3.05, 3.63) is 58.4 Å². The van der Waals surface area contributed by atoms with Gasteiger partial charge in [0.05, 0.1) is 36.6 Å². The second kappa shape index (κ2) is 21.8. The van der Waals surface area contributed by atoms with Gasteiger partial charge < -0.3 is 34.6 Å². The Morgan fingerprint density at radius 3 is 2.22 bits per heavy atom. The summed E-state index contributed by atoms with van der Waals surface area (Å²) in [6, 6.07) is 8.07. The third-order valence-corrected chi connectivity index (χ3v) is 12.8. The molecule has 1 aromatic heterocycles. The van der Waals surface area contributed by atoms with Crippen LogP contribution in [0, 0.1) is 29.0 Å². The number of methoxy groups -OCH3 is 2. The molecule has 3 amide bonds. The zero-order valence-corrected chi connectivity index (χ0v) is 39.0. The monoisotopic (exact) mass is 889 g/mol. The highest BCUT2D eigenvalue weighted by Crippen LogP contribution is 2.34. The van der Waals surface area contributed by atoms with Crippen LogP contribution in [0.5, 0.6) is 0 Å². The molecule has 0 radical (unpaired) electrons. The fourth-order valence-corrected chi connectivity index (χ4v) is 7.83. The fourth-order valence-electron chi connectivity index (χ4n) is 7.53. The van der Waals surface area contributed by atoms with E-state index in [9.17, 15) is 23.6 Å². The van der Waals surface area contributed by atoms with E-state index in [0.717, 1.165) is 5.56 Å². The minimum absolute atomic E-state index is 0.0200. The maximum atomic E-state index is 14.8. The largest absolute Gasteiger partial charge is 0.458 e. The predicted octanol–water partition coefficient (Wildman–Crippen LogP) is 7.44. The van der Waals surface area contributed by atoms with Crippen LogP contribution in [-0.2, 0) is 39.8 Å². The van der Waals surface area contributed by atoms with Gasteiger partial charge in [-0.2, -0.15) is 0 Å². The molecule has 1 aromatic carbocycles. The minimum atomic E-state index is -0.955. The number of nitrogens with zero attached hydrogens (tertiary/aromatic N) is 3. The molecule has 1 fully saturated rings. The lowest BCUT2D eigenvalue weighted by atomic mass is 9.79. The first-order valence-electron chi connectivity index (χ1n) is 20.8. The molecule has 0 spiro atoms. The van der Waals surface area contributed by atoms with Gasteiger partial charge in [-0.15, -0.1) is 0 Å². The van der Waals surface area contributed by atoms with E-state index in [1.165, 1.54) is 26.5 Å². The van der Waals surface area contributed by atoms with Crippen LogP contribution in [0.2, 0.25) is 0 Å². The summed E-state index contributed by atoms with van der Waals surface area (Å²) >= 11 is 3.23. The van der Waals surface area contributed by atoms with Gasteiger partial charge in [0, 0.05) is 50.3 Å². The van der Waals surface area contributed by atoms with Crippen molar-refractivity contribution >= 4 is 45.4 Å². The van der Waals surface area contributed by atoms with Gasteiger partial charge in [-0.25, -0.2) is 14.2 Å². The van der Waals surface area contributed by atoms with Gasteiger partial charge in [0.15, 0.2) is 11.6 Å². The van der Waals surface area contributed by atoms with Crippen LogP contribution in [-0.4, -0.2) is 108 Å². The third-order valence-electron chi connectivity index (χ3n) is 12.3. The van der Waals surface area contributed by atoms with Crippen LogP contribution < -0.4 is 10.6 Å². The molecule has 3 rings (SSSR count). The summed E-state index contributed by atoms with van der Waals surface area (Å²) in [6.07, 6.45) is 2.36. The summed E-state index contributed by atoms with van der Waals surface area (Å²) in [5.41, 5.74) is -0.297. The zero-order valence-electron chi connectivity index (χ0n) is 37.4. The SMILES string of the molecule is CC[C@H](C)[C@@H]([C@@H](CC(=O)N1CCC[C@H]1[C@H](OC)[C@@H](C)C(=O)N[C@@H](Cc1ccccc1)C(=O)OC(C)(C)C(C)(C)C)OC)N(C)C(=O)[C@@H](Nc1ncc(Br)cc1F)C(C)C. The van der Waals surface area contributed by atoms with Crippen molar-refractivity contribution in [2.45, 2.75) is 143 Å². The predicted molar refractivity (Wildman–Crippen MR) is 232 cm³/mol. The Balaban J connectivity index is 1.82. The van der Waals surface area contributed by atoms with Gasteiger partial charge in [-0.1, -0.05) is 92.1 Å². The lowest BCUT2D eigenvalue weighted by Gasteiger charge is -2.41. The van der Waals surface area contributed by atoms with Gasteiger partial charge >= 0.3 is 5.97 Å². The molecule has 330 valence electrons. The Bertz CT molecular complexity index is 1710. The Hall–Kier alpha value is -3.62. The van der Waals surface area contributed by atoms with Gasteiger partial charge in [0.25, 0.3) is 0 Å². The van der Waals surface area contributed by atoms with Crippen molar-refractivity contribution in [2.24, 2.45) is 23.2 Å². The first-order chi connectivity index (χ1) is 27.6. The number of pyridine rings is 1. The number of aromatic nitrogens is 1. The lowest BCUT2D eigenvalue weighted by molar-refractivity contribution is -0.171. The summed E-state index contributed by atoms with van der Waals surface area (Å²) in [5.74, 6) is -3.02. The number of benzene rings is 1. The number of carbonyl (C=O) groups excluding carboxylic acids is 4. The Labute approximate surface area is 360 Å². The summed E-state index contributed by atoms with van der Waals surface area (Å²) in [7, 11) is 4.77. The number of ether oxygens (including phenoxy) is 3. The number of amides is 3. The van der Waals surface area contributed by atoms with E-state index in [0.29, 0.717) is 30.3 Å². The van der Waals surface area contributed by atoms with Gasteiger partial charge in [0.2, 0.25) is 17.7 Å². The number of halogens is 2.